The maximum absolute atomic E-state index is 12.7. The first-order valence-corrected chi connectivity index (χ1v) is 9.50. The van der Waals surface area contributed by atoms with Crippen molar-refractivity contribution in [2.24, 2.45) is 5.92 Å². The molecule has 0 aliphatic carbocycles. The zero-order chi connectivity index (χ0) is 18.8. The molecule has 1 amide bonds. The van der Waals surface area contributed by atoms with E-state index in [1.54, 1.807) is 0 Å². The van der Waals surface area contributed by atoms with Gasteiger partial charge in [0, 0.05) is 19.0 Å². The van der Waals surface area contributed by atoms with Gasteiger partial charge in [-0.2, -0.15) is 17.5 Å². The van der Waals surface area contributed by atoms with Gasteiger partial charge in [-0.15, -0.1) is 0 Å². The fourth-order valence-electron chi connectivity index (χ4n) is 2.55. The Morgan fingerprint density at radius 1 is 1.20 bits per heavy atom. The lowest BCUT2D eigenvalue weighted by Gasteiger charge is -2.31. The monoisotopic (exact) mass is 418 g/mol. The summed E-state index contributed by atoms with van der Waals surface area (Å²) in [5.41, 5.74) is 0. The molecule has 1 aliphatic rings. The second-order valence-electron chi connectivity index (χ2n) is 5.56. The largest absolute Gasteiger partial charge is 0.405 e. The van der Waals surface area contributed by atoms with Crippen molar-refractivity contribution in [3.8, 4) is 0 Å². The minimum atomic E-state index is -4.49. The highest BCUT2D eigenvalue weighted by molar-refractivity contribution is 7.89. The Kier molecular flexibility index (Phi) is 6.24. The number of alkyl halides is 3. The fraction of sp³-hybridized carbons (Fsp3) is 0.500. The summed E-state index contributed by atoms with van der Waals surface area (Å²) in [7, 11) is -3.95. The zero-order valence-electron chi connectivity index (χ0n) is 12.8. The molecular weight excluding hydrogens is 404 g/mol. The first-order valence-electron chi connectivity index (χ1n) is 7.31. The number of piperidine rings is 1. The van der Waals surface area contributed by atoms with Gasteiger partial charge in [0.05, 0.1) is 10.0 Å². The van der Waals surface area contributed by atoms with Gasteiger partial charge in [-0.25, -0.2) is 8.42 Å². The summed E-state index contributed by atoms with van der Waals surface area (Å²) in [6, 6.07) is 4.32. The predicted molar refractivity (Wildman–Crippen MR) is 87.0 cm³/mol. The Morgan fingerprint density at radius 3 is 2.20 bits per heavy atom. The van der Waals surface area contributed by atoms with Crippen molar-refractivity contribution in [3.05, 3.63) is 28.2 Å². The minimum Gasteiger partial charge on any atom is -0.347 e. The molecule has 0 aromatic heterocycles. The molecule has 0 bridgehead atoms. The quantitative estimate of drug-likeness (QED) is 0.816. The molecule has 1 fully saturated rings. The molecule has 0 radical (unpaired) electrons. The molecule has 2 rings (SSSR count). The summed E-state index contributed by atoms with van der Waals surface area (Å²) in [6.07, 6.45) is -4.25. The number of carbonyl (C=O) groups excluding carboxylic acids is 1. The van der Waals surface area contributed by atoms with Gasteiger partial charge in [-0.05, 0) is 25.0 Å². The third-order valence-corrected chi connectivity index (χ3v) is 6.66. The van der Waals surface area contributed by atoms with E-state index < -0.39 is 34.6 Å². The molecule has 1 heterocycles. The van der Waals surface area contributed by atoms with Crippen LogP contribution < -0.4 is 5.32 Å². The molecule has 1 saturated heterocycles. The number of amides is 1. The molecule has 1 aromatic carbocycles. The molecule has 1 N–H and O–H groups in total. The molecule has 0 unspecified atom stereocenters. The smallest absolute Gasteiger partial charge is 0.347 e. The Balaban J connectivity index is 2.03. The van der Waals surface area contributed by atoms with Crippen LogP contribution in [0.4, 0.5) is 13.2 Å². The van der Waals surface area contributed by atoms with E-state index >= 15 is 0 Å². The van der Waals surface area contributed by atoms with Crippen molar-refractivity contribution in [1.29, 1.82) is 0 Å². The van der Waals surface area contributed by atoms with Crippen molar-refractivity contribution in [3.63, 3.8) is 0 Å². The SMILES string of the molecule is O=C(NCC(F)(F)F)C1CCN(S(=O)(=O)c2c(Cl)cccc2Cl)CC1. The van der Waals surface area contributed by atoms with Crippen molar-refractivity contribution < 1.29 is 26.4 Å². The number of halogens is 5. The van der Waals surface area contributed by atoms with Crippen LogP contribution in [0.5, 0.6) is 0 Å². The molecule has 1 aromatic rings. The lowest BCUT2D eigenvalue weighted by Crippen LogP contribution is -2.44. The second-order valence-corrected chi connectivity index (χ2v) is 8.25. The Bertz CT molecular complexity index is 728. The van der Waals surface area contributed by atoms with E-state index in [1.807, 2.05) is 5.32 Å². The van der Waals surface area contributed by atoms with Crippen LogP contribution in [0.25, 0.3) is 0 Å². The van der Waals surface area contributed by atoms with Crippen LogP contribution in [-0.2, 0) is 14.8 Å². The maximum Gasteiger partial charge on any atom is 0.405 e. The highest BCUT2D eigenvalue weighted by Crippen LogP contribution is 2.33. The van der Waals surface area contributed by atoms with Gasteiger partial charge in [0.1, 0.15) is 11.4 Å². The average Bonchev–Trinajstić information content (AvgIpc) is 2.51. The summed E-state index contributed by atoms with van der Waals surface area (Å²) in [4.78, 5) is 11.5. The Labute approximate surface area is 153 Å². The number of carbonyl (C=O) groups is 1. The van der Waals surface area contributed by atoms with Gasteiger partial charge < -0.3 is 5.32 Å². The van der Waals surface area contributed by atoms with Crippen molar-refractivity contribution in [1.82, 2.24) is 9.62 Å². The minimum absolute atomic E-state index is 0.00596. The van der Waals surface area contributed by atoms with Gasteiger partial charge in [0.15, 0.2) is 0 Å². The number of rotatable bonds is 4. The molecule has 5 nitrogen and oxygen atoms in total. The van der Waals surface area contributed by atoms with E-state index in [0.29, 0.717) is 0 Å². The Morgan fingerprint density at radius 2 is 1.72 bits per heavy atom. The first-order chi connectivity index (χ1) is 11.5. The molecule has 0 spiro atoms. The normalized spacial score (nSPS) is 17.5. The van der Waals surface area contributed by atoms with Gasteiger partial charge in [0.2, 0.25) is 15.9 Å². The van der Waals surface area contributed by atoms with Gasteiger partial charge in [-0.3, -0.25) is 4.79 Å². The van der Waals surface area contributed by atoms with Crippen molar-refractivity contribution >= 4 is 39.1 Å². The van der Waals surface area contributed by atoms with E-state index in [2.05, 4.69) is 0 Å². The summed E-state index contributed by atoms with van der Waals surface area (Å²) in [5.74, 6) is -1.40. The molecule has 25 heavy (non-hydrogen) atoms. The van der Waals surface area contributed by atoms with Crippen molar-refractivity contribution in [2.75, 3.05) is 19.6 Å². The number of nitrogens with zero attached hydrogens (tertiary/aromatic N) is 1. The lowest BCUT2D eigenvalue weighted by molar-refractivity contribution is -0.141. The molecule has 140 valence electrons. The van der Waals surface area contributed by atoms with Crippen LogP contribution in [-0.4, -0.2) is 44.4 Å². The number of hydrogen-bond donors (Lipinski definition) is 1. The maximum atomic E-state index is 12.7. The van der Waals surface area contributed by atoms with Crippen molar-refractivity contribution in [2.45, 2.75) is 23.9 Å². The lowest BCUT2D eigenvalue weighted by atomic mass is 9.97. The summed E-state index contributed by atoms with van der Waals surface area (Å²) >= 11 is 11.9. The van der Waals surface area contributed by atoms with Crippen LogP contribution in [0.15, 0.2) is 23.1 Å². The standard InChI is InChI=1S/C14H15Cl2F3N2O3S/c15-10-2-1-3-11(16)12(10)25(23,24)21-6-4-9(5-7-21)13(22)20-8-14(17,18)19/h1-3,9H,4-8H2,(H,20,22). The van der Waals surface area contributed by atoms with Crippen LogP contribution in [0.3, 0.4) is 0 Å². The highest BCUT2D eigenvalue weighted by atomic mass is 35.5. The van der Waals surface area contributed by atoms with E-state index in [-0.39, 0.29) is 40.9 Å². The number of hydrogen-bond acceptors (Lipinski definition) is 3. The van der Waals surface area contributed by atoms with Gasteiger partial charge >= 0.3 is 6.18 Å². The average molecular weight is 419 g/mol. The van der Waals surface area contributed by atoms with Crippen LogP contribution in [0.1, 0.15) is 12.8 Å². The third kappa shape index (κ3) is 4.99. The Hall–Kier alpha value is -1.03. The van der Waals surface area contributed by atoms with Crippen LogP contribution in [0, 0.1) is 5.92 Å². The highest BCUT2D eigenvalue weighted by Gasteiger charge is 2.35. The van der Waals surface area contributed by atoms with E-state index in [9.17, 15) is 26.4 Å². The third-order valence-electron chi connectivity index (χ3n) is 3.80. The number of sulfonamides is 1. The molecular formula is C14H15Cl2F3N2O3S. The first kappa shape index (κ1) is 20.3. The molecule has 0 saturated carbocycles. The number of nitrogens with one attached hydrogen (secondary N) is 1. The van der Waals surface area contributed by atoms with E-state index in [1.165, 1.54) is 18.2 Å². The second kappa shape index (κ2) is 7.69. The summed E-state index contributed by atoms with van der Waals surface area (Å²) in [6.45, 7) is -1.42. The molecule has 1 aliphatic heterocycles. The van der Waals surface area contributed by atoms with Gasteiger partial charge in [-0.1, -0.05) is 29.3 Å². The molecule has 11 heteroatoms. The number of benzene rings is 1. The fourth-order valence-corrected chi connectivity index (χ4v) is 5.11. The summed E-state index contributed by atoms with van der Waals surface area (Å²) in [5, 5.41) is 1.79. The molecule has 0 atom stereocenters. The zero-order valence-corrected chi connectivity index (χ0v) is 15.1. The summed E-state index contributed by atoms with van der Waals surface area (Å²) < 4.78 is 62.9. The van der Waals surface area contributed by atoms with E-state index in [4.69, 9.17) is 23.2 Å². The topological polar surface area (TPSA) is 66.5 Å². The van der Waals surface area contributed by atoms with Crippen LogP contribution in [0.2, 0.25) is 10.0 Å². The predicted octanol–water partition coefficient (Wildman–Crippen LogP) is 3.07. The van der Waals surface area contributed by atoms with Gasteiger partial charge in [0.25, 0.3) is 0 Å². The van der Waals surface area contributed by atoms with E-state index in [0.717, 1.165) is 4.31 Å². The van der Waals surface area contributed by atoms with Crippen LogP contribution >= 0.6 is 23.2 Å².